The third-order valence-electron chi connectivity index (χ3n) is 1.33. The van der Waals surface area contributed by atoms with Crippen molar-refractivity contribution in [3.8, 4) is 0 Å². The number of pyridine rings is 1. The average molecular weight is 167 g/mol. The van der Waals surface area contributed by atoms with Gasteiger partial charge in [0.25, 0.3) is 0 Å². The van der Waals surface area contributed by atoms with Crippen molar-refractivity contribution in [2.24, 2.45) is 0 Å². The molecule has 0 amide bonds. The molecule has 0 saturated heterocycles. The maximum atomic E-state index is 3.96. The van der Waals surface area contributed by atoms with Crippen molar-refractivity contribution in [1.82, 2.24) is 4.98 Å². The van der Waals surface area contributed by atoms with E-state index in [9.17, 15) is 0 Å². The molecule has 2 heteroatoms. The molecule has 0 aliphatic carbocycles. The molecule has 0 aromatic carbocycles. The van der Waals surface area contributed by atoms with Gasteiger partial charge in [0.05, 0.1) is 0 Å². The second kappa shape index (κ2) is 4.39. The summed E-state index contributed by atoms with van der Waals surface area (Å²) in [5, 5.41) is 0.711. The minimum absolute atomic E-state index is 0.711. The van der Waals surface area contributed by atoms with Crippen molar-refractivity contribution in [2.45, 2.75) is 24.9 Å². The molecule has 0 bridgehead atoms. The largest absolute Gasteiger partial charge is 0.265 e. The van der Waals surface area contributed by atoms with E-state index in [2.05, 4.69) is 31.0 Å². The Bertz CT molecular complexity index is 196. The highest BCUT2D eigenvalue weighted by Gasteiger charge is 1.94. The van der Waals surface area contributed by atoms with Crippen molar-refractivity contribution in [3.63, 3.8) is 0 Å². The first-order chi connectivity index (χ1) is 5.29. The van der Waals surface area contributed by atoms with E-state index in [1.54, 1.807) is 0 Å². The molecule has 60 valence electrons. The van der Waals surface area contributed by atoms with Gasteiger partial charge in [0.2, 0.25) is 0 Å². The number of aromatic nitrogens is 1. The van der Waals surface area contributed by atoms with E-state index in [1.165, 1.54) is 5.56 Å². The van der Waals surface area contributed by atoms with Crippen LogP contribution in [0.5, 0.6) is 0 Å². The quantitative estimate of drug-likeness (QED) is 0.686. The predicted molar refractivity (Wildman–Crippen MR) is 50.7 cm³/mol. The summed E-state index contributed by atoms with van der Waals surface area (Å²) in [7, 11) is 0. The summed E-state index contributed by atoms with van der Waals surface area (Å²) in [6.45, 7) is 4.43. The Labute approximate surface area is 72.2 Å². The van der Waals surface area contributed by atoms with Gasteiger partial charge in [-0.15, -0.1) is 0 Å². The Morgan fingerprint density at radius 2 is 2.00 bits per heavy atom. The minimum Gasteiger partial charge on any atom is -0.265 e. The highest BCUT2D eigenvalue weighted by atomic mass is 32.2. The lowest BCUT2D eigenvalue weighted by Crippen LogP contribution is -1.88. The van der Waals surface area contributed by atoms with Gasteiger partial charge in [-0.3, -0.25) is 4.98 Å². The zero-order valence-electron chi connectivity index (χ0n) is 6.95. The van der Waals surface area contributed by atoms with Crippen LogP contribution in [-0.4, -0.2) is 10.2 Å². The van der Waals surface area contributed by atoms with Gasteiger partial charge in [0.15, 0.2) is 0 Å². The molecule has 1 aromatic rings. The van der Waals surface area contributed by atoms with E-state index < -0.39 is 0 Å². The summed E-state index contributed by atoms with van der Waals surface area (Å²) in [6, 6.07) is 4.13. The summed E-state index contributed by atoms with van der Waals surface area (Å²) in [5.74, 6) is 1.10. The molecular weight excluding hydrogens is 154 g/mol. The van der Waals surface area contributed by atoms with Gasteiger partial charge in [0, 0.05) is 18.1 Å². The normalized spacial score (nSPS) is 10.5. The van der Waals surface area contributed by atoms with Crippen LogP contribution >= 0.6 is 11.8 Å². The van der Waals surface area contributed by atoms with Gasteiger partial charge in [-0.2, -0.15) is 11.8 Å². The van der Waals surface area contributed by atoms with Crippen LogP contribution < -0.4 is 0 Å². The molecule has 1 aromatic heterocycles. The number of hydrogen-bond donors (Lipinski definition) is 0. The van der Waals surface area contributed by atoms with Gasteiger partial charge in [-0.25, -0.2) is 0 Å². The highest BCUT2D eigenvalue weighted by Crippen LogP contribution is 2.15. The fourth-order valence-corrected chi connectivity index (χ4v) is 1.46. The fraction of sp³-hybridized carbons (Fsp3) is 0.444. The number of thioether (sulfide) groups is 1. The minimum atomic E-state index is 0.711. The van der Waals surface area contributed by atoms with Crippen molar-refractivity contribution in [1.29, 1.82) is 0 Å². The third kappa shape index (κ3) is 3.42. The van der Waals surface area contributed by atoms with Crippen LogP contribution in [0.1, 0.15) is 19.4 Å². The van der Waals surface area contributed by atoms with E-state index >= 15 is 0 Å². The van der Waals surface area contributed by atoms with Crippen LogP contribution in [-0.2, 0) is 5.75 Å². The Hall–Kier alpha value is -0.500. The maximum Gasteiger partial charge on any atom is 0.0270 e. The molecule has 1 rings (SSSR count). The number of hydrogen-bond acceptors (Lipinski definition) is 2. The zero-order valence-corrected chi connectivity index (χ0v) is 7.77. The highest BCUT2D eigenvalue weighted by molar-refractivity contribution is 7.99. The Morgan fingerprint density at radius 3 is 2.55 bits per heavy atom. The molecule has 0 N–H and O–H groups in total. The summed E-state index contributed by atoms with van der Waals surface area (Å²) in [5.41, 5.74) is 1.36. The maximum absolute atomic E-state index is 3.96. The molecule has 11 heavy (non-hydrogen) atoms. The molecule has 0 fully saturated rings. The Kier molecular flexibility index (Phi) is 3.43. The first kappa shape index (κ1) is 8.60. The van der Waals surface area contributed by atoms with Crippen LogP contribution in [0, 0.1) is 0 Å². The molecule has 0 aliphatic rings. The van der Waals surface area contributed by atoms with E-state index in [0.717, 1.165) is 5.75 Å². The van der Waals surface area contributed by atoms with Crippen LogP contribution in [0.2, 0.25) is 0 Å². The van der Waals surface area contributed by atoms with Gasteiger partial charge >= 0.3 is 0 Å². The van der Waals surface area contributed by atoms with E-state index in [1.807, 2.05) is 24.2 Å². The second-order valence-corrected chi connectivity index (χ2v) is 4.28. The van der Waals surface area contributed by atoms with Crippen LogP contribution in [0.15, 0.2) is 24.5 Å². The Morgan fingerprint density at radius 1 is 1.36 bits per heavy atom. The molecule has 1 nitrogen and oxygen atoms in total. The van der Waals surface area contributed by atoms with Gasteiger partial charge in [0.1, 0.15) is 0 Å². The van der Waals surface area contributed by atoms with Crippen molar-refractivity contribution >= 4 is 11.8 Å². The molecular formula is C9H13NS. The zero-order chi connectivity index (χ0) is 8.10. The molecule has 0 spiro atoms. The van der Waals surface area contributed by atoms with Crippen LogP contribution in [0.25, 0.3) is 0 Å². The molecule has 0 saturated carbocycles. The monoisotopic (exact) mass is 167 g/mol. The Balaban J connectivity index is 2.39. The molecule has 0 aliphatic heterocycles. The lowest BCUT2D eigenvalue weighted by Gasteiger charge is -2.03. The van der Waals surface area contributed by atoms with E-state index in [-0.39, 0.29) is 0 Å². The summed E-state index contributed by atoms with van der Waals surface area (Å²) in [4.78, 5) is 3.96. The summed E-state index contributed by atoms with van der Waals surface area (Å²) < 4.78 is 0. The van der Waals surface area contributed by atoms with Gasteiger partial charge in [-0.1, -0.05) is 13.8 Å². The van der Waals surface area contributed by atoms with Crippen molar-refractivity contribution in [3.05, 3.63) is 30.1 Å². The van der Waals surface area contributed by atoms with Gasteiger partial charge < -0.3 is 0 Å². The molecule has 1 heterocycles. The second-order valence-electron chi connectivity index (χ2n) is 2.72. The first-order valence-electron chi connectivity index (χ1n) is 3.79. The van der Waals surface area contributed by atoms with Crippen LogP contribution in [0.3, 0.4) is 0 Å². The van der Waals surface area contributed by atoms with Crippen LogP contribution in [0.4, 0.5) is 0 Å². The SMILES string of the molecule is CC(C)SCc1ccncc1. The molecule has 0 radical (unpaired) electrons. The third-order valence-corrected chi connectivity index (χ3v) is 2.50. The predicted octanol–water partition coefficient (Wildman–Crippen LogP) is 2.72. The first-order valence-corrected chi connectivity index (χ1v) is 4.84. The molecule has 0 unspecified atom stereocenters. The van der Waals surface area contributed by atoms with Crippen molar-refractivity contribution < 1.29 is 0 Å². The summed E-state index contributed by atoms with van der Waals surface area (Å²) >= 11 is 1.96. The standard InChI is InChI=1S/C9H13NS/c1-8(2)11-7-9-3-5-10-6-4-9/h3-6,8H,7H2,1-2H3. The molecule has 0 atom stereocenters. The smallest absolute Gasteiger partial charge is 0.0270 e. The average Bonchev–Trinajstić information content (AvgIpc) is 2.03. The topological polar surface area (TPSA) is 12.9 Å². The lowest BCUT2D eigenvalue weighted by molar-refractivity contribution is 1.11. The summed E-state index contributed by atoms with van der Waals surface area (Å²) in [6.07, 6.45) is 3.69. The lowest BCUT2D eigenvalue weighted by atomic mass is 10.3. The van der Waals surface area contributed by atoms with Gasteiger partial charge in [-0.05, 0) is 22.9 Å². The van der Waals surface area contributed by atoms with Crippen molar-refractivity contribution in [2.75, 3.05) is 0 Å². The number of rotatable bonds is 3. The fourth-order valence-electron chi connectivity index (χ4n) is 0.742. The van der Waals surface area contributed by atoms with E-state index in [0.29, 0.717) is 5.25 Å². The number of nitrogens with zero attached hydrogens (tertiary/aromatic N) is 1. The van der Waals surface area contributed by atoms with E-state index in [4.69, 9.17) is 0 Å².